The van der Waals surface area contributed by atoms with Crippen molar-refractivity contribution in [3.8, 4) is 11.5 Å². The first-order valence-corrected chi connectivity index (χ1v) is 14.6. The zero-order valence-electron chi connectivity index (χ0n) is 23.5. The number of hydrogen-bond acceptors (Lipinski definition) is 6. The molecule has 6 nitrogen and oxygen atoms in total. The van der Waals surface area contributed by atoms with Gasteiger partial charge in [-0.25, -0.2) is 0 Å². The van der Waals surface area contributed by atoms with Crippen LogP contribution in [0, 0.1) is 13.8 Å². The molecule has 2 aromatic carbocycles. The highest BCUT2D eigenvalue weighted by Crippen LogP contribution is 2.27. The molecule has 0 spiro atoms. The van der Waals surface area contributed by atoms with Gasteiger partial charge in [0.1, 0.15) is 11.5 Å². The van der Waals surface area contributed by atoms with Gasteiger partial charge >= 0.3 is 0 Å². The van der Waals surface area contributed by atoms with Gasteiger partial charge in [-0.15, -0.1) is 0 Å². The fourth-order valence-electron chi connectivity index (χ4n) is 5.65. The molecular weight excluding hydrogens is 472 g/mol. The average Bonchev–Trinajstić information content (AvgIpc) is 2.91. The fraction of sp³-hybridized carbons (Fsp3) is 0.562. The van der Waals surface area contributed by atoms with Gasteiger partial charge in [-0.05, 0) is 102 Å². The van der Waals surface area contributed by atoms with Crippen molar-refractivity contribution in [2.45, 2.75) is 78.3 Å². The highest BCUT2D eigenvalue weighted by molar-refractivity contribution is 5.85. The predicted molar refractivity (Wildman–Crippen MR) is 158 cm³/mol. The van der Waals surface area contributed by atoms with E-state index >= 15 is 0 Å². The van der Waals surface area contributed by atoms with Crippen molar-refractivity contribution in [1.82, 2.24) is 9.80 Å². The zero-order chi connectivity index (χ0) is 26.7. The van der Waals surface area contributed by atoms with Gasteiger partial charge in [0.2, 0.25) is 0 Å². The molecule has 0 unspecified atom stereocenters. The quantitative estimate of drug-likeness (QED) is 0.283. The Kier molecular flexibility index (Phi) is 10.8. The summed E-state index contributed by atoms with van der Waals surface area (Å²) in [5, 5.41) is 21.6. The van der Waals surface area contributed by atoms with Crippen molar-refractivity contribution in [2.75, 3.05) is 39.3 Å². The molecule has 2 aliphatic rings. The van der Waals surface area contributed by atoms with E-state index in [0.717, 1.165) is 85.5 Å². The molecule has 0 atom stereocenters. The molecule has 0 aromatic heterocycles. The van der Waals surface area contributed by atoms with Crippen LogP contribution in [0.15, 0.2) is 34.3 Å². The molecule has 4 rings (SSSR count). The third-order valence-electron chi connectivity index (χ3n) is 7.70. The number of rotatable bonds is 11. The summed E-state index contributed by atoms with van der Waals surface area (Å²) in [6.45, 7) is 11.6. The number of aliphatic imine (C=N–C) groups is 2. The summed E-state index contributed by atoms with van der Waals surface area (Å²) in [6, 6.07) is 8.22. The maximum atomic E-state index is 10.8. The number of aromatic hydroxyl groups is 2. The largest absolute Gasteiger partial charge is 0.507 e. The smallest absolute Gasteiger partial charge is 0.128 e. The number of benzene rings is 2. The monoisotopic (exact) mass is 518 g/mol. The highest BCUT2D eigenvalue weighted by Gasteiger charge is 2.16. The number of likely N-dealkylation sites (tertiary alicyclic amines) is 2. The second-order valence-electron chi connectivity index (χ2n) is 11.2. The first-order chi connectivity index (χ1) is 18.5. The Morgan fingerprint density at radius 2 is 1.03 bits per heavy atom. The summed E-state index contributed by atoms with van der Waals surface area (Å²) in [5.74, 6) is 0.735. The predicted octanol–water partition coefficient (Wildman–Crippen LogP) is 6.00. The van der Waals surface area contributed by atoms with Crippen LogP contribution in [0.5, 0.6) is 11.5 Å². The Morgan fingerprint density at radius 1 is 0.632 bits per heavy atom. The molecule has 2 aliphatic heterocycles. The number of unbranched alkanes of at least 4 members (excludes halogenated alkanes) is 1. The summed E-state index contributed by atoms with van der Waals surface area (Å²) in [6.07, 6.45) is 13.1. The number of piperidine rings is 2. The Labute approximate surface area is 229 Å². The summed E-state index contributed by atoms with van der Waals surface area (Å²) in [4.78, 5) is 14.0. The van der Waals surface area contributed by atoms with Gasteiger partial charge in [-0.3, -0.25) is 19.8 Å². The van der Waals surface area contributed by atoms with Gasteiger partial charge in [0.05, 0.1) is 0 Å². The van der Waals surface area contributed by atoms with Crippen LogP contribution in [0.1, 0.15) is 84.7 Å². The van der Waals surface area contributed by atoms with Crippen molar-refractivity contribution in [2.24, 2.45) is 9.98 Å². The van der Waals surface area contributed by atoms with Crippen LogP contribution in [-0.2, 0) is 13.1 Å². The van der Waals surface area contributed by atoms with E-state index in [0.29, 0.717) is 24.6 Å². The molecule has 2 heterocycles. The van der Waals surface area contributed by atoms with Crippen LogP contribution in [0.2, 0.25) is 0 Å². The number of phenolic OH excluding ortho intramolecular Hbond substituents is 2. The van der Waals surface area contributed by atoms with E-state index in [2.05, 4.69) is 45.8 Å². The molecule has 0 saturated carbocycles. The van der Waals surface area contributed by atoms with E-state index in [1.165, 1.54) is 38.5 Å². The second kappa shape index (κ2) is 14.5. The van der Waals surface area contributed by atoms with Gasteiger partial charge in [-0.2, -0.15) is 0 Å². The van der Waals surface area contributed by atoms with E-state index in [4.69, 9.17) is 0 Å². The molecule has 2 fully saturated rings. The standard InChI is InChI=1S/C32H46N4O2/c1-25-17-27(31(37)29(19-25)23-35-13-7-3-8-14-35)21-33-11-5-6-12-34-22-28-18-26(2)20-30(32(28)38)24-36-15-9-4-10-16-36/h17-22,37-38H,3-16,23-24H2,1-2H3. The van der Waals surface area contributed by atoms with Crippen LogP contribution in [0.4, 0.5) is 0 Å². The van der Waals surface area contributed by atoms with E-state index in [1.54, 1.807) is 0 Å². The highest BCUT2D eigenvalue weighted by atomic mass is 16.3. The fourth-order valence-corrected chi connectivity index (χ4v) is 5.65. The molecule has 2 aromatic rings. The van der Waals surface area contributed by atoms with Crippen LogP contribution >= 0.6 is 0 Å². The third-order valence-corrected chi connectivity index (χ3v) is 7.70. The van der Waals surface area contributed by atoms with Gasteiger partial charge in [0.15, 0.2) is 0 Å². The maximum absolute atomic E-state index is 10.8. The van der Waals surface area contributed by atoms with Crippen LogP contribution in [0.3, 0.4) is 0 Å². The maximum Gasteiger partial charge on any atom is 0.128 e. The van der Waals surface area contributed by atoms with E-state index in [1.807, 2.05) is 24.6 Å². The molecule has 0 bridgehead atoms. The van der Waals surface area contributed by atoms with Crippen molar-refractivity contribution in [3.63, 3.8) is 0 Å². The lowest BCUT2D eigenvalue weighted by atomic mass is 10.0. The van der Waals surface area contributed by atoms with Gasteiger partial charge in [-0.1, -0.05) is 25.0 Å². The Hall–Kier alpha value is -2.70. The zero-order valence-corrected chi connectivity index (χ0v) is 23.5. The lowest BCUT2D eigenvalue weighted by Gasteiger charge is -2.27. The minimum Gasteiger partial charge on any atom is -0.507 e. The molecule has 0 aliphatic carbocycles. The average molecular weight is 519 g/mol. The number of aryl methyl sites for hydroxylation is 2. The summed E-state index contributed by atoms with van der Waals surface area (Å²) in [5.41, 5.74) is 5.94. The van der Waals surface area contributed by atoms with Crippen molar-refractivity contribution in [3.05, 3.63) is 57.6 Å². The van der Waals surface area contributed by atoms with E-state index < -0.39 is 0 Å². The molecule has 6 heteroatoms. The Balaban J connectivity index is 1.23. The molecule has 206 valence electrons. The molecule has 38 heavy (non-hydrogen) atoms. The Bertz CT molecular complexity index is 1010. The summed E-state index contributed by atoms with van der Waals surface area (Å²) < 4.78 is 0. The van der Waals surface area contributed by atoms with Crippen molar-refractivity contribution in [1.29, 1.82) is 0 Å². The van der Waals surface area contributed by atoms with Crippen LogP contribution in [0.25, 0.3) is 0 Å². The normalized spacial score (nSPS) is 17.6. The first-order valence-electron chi connectivity index (χ1n) is 14.6. The number of nitrogens with zero attached hydrogens (tertiary/aromatic N) is 4. The van der Waals surface area contributed by atoms with Gasteiger partial charge in [0.25, 0.3) is 0 Å². The summed E-state index contributed by atoms with van der Waals surface area (Å²) in [7, 11) is 0. The minimum absolute atomic E-state index is 0.368. The lowest BCUT2D eigenvalue weighted by Crippen LogP contribution is -2.29. The van der Waals surface area contributed by atoms with Crippen LogP contribution in [-0.4, -0.2) is 71.7 Å². The second-order valence-corrected chi connectivity index (χ2v) is 11.2. The molecule has 2 saturated heterocycles. The first kappa shape index (κ1) is 28.3. The molecule has 2 N–H and O–H groups in total. The lowest BCUT2D eigenvalue weighted by molar-refractivity contribution is 0.218. The minimum atomic E-state index is 0.368. The Morgan fingerprint density at radius 3 is 1.42 bits per heavy atom. The SMILES string of the molecule is Cc1cc(C=NCCCCN=Cc2cc(C)cc(CN3CCCCC3)c2O)c(O)c(CN2CCCCC2)c1. The molecule has 0 amide bonds. The number of phenols is 2. The topological polar surface area (TPSA) is 71.7 Å². The van der Waals surface area contributed by atoms with Gasteiger partial charge < -0.3 is 10.2 Å². The third kappa shape index (κ3) is 8.40. The molecule has 0 radical (unpaired) electrons. The van der Waals surface area contributed by atoms with Crippen molar-refractivity contribution >= 4 is 12.4 Å². The number of hydrogen-bond donors (Lipinski definition) is 2. The van der Waals surface area contributed by atoms with E-state index in [9.17, 15) is 10.2 Å². The van der Waals surface area contributed by atoms with E-state index in [-0.39, 0.29) is 0 Å². The van der Waals surface area contributed by atoms with Gasteiger partial charge in [0, 0.05) is 60.9 Å². The molecular formula is C32H46N4O2. The van der Waals surface area contributed by atoms with Crippen molar-refractivity contribution < 1.29 is 10.2 Å². The van der Waals surface area contributed by atoms with Crippen LogP contribution < -0.4 is 0 Å². The summed E-state index contributed by atoms with van der Waals surface area (Å²) >= 11 is 0.